The predicted molar refractivity (Wildman–Crippen MR) is 85.9 cm³/mol. The van der Waals surface area contributed by atoms with Gasteiger partial charge < -0.3 is 5.73 Å². The number of nitrogens with two attached hydrogens (primary N) is 1. The van der Waals surface area contributed by atoms with Gasteiger partial charge in [0.15, 0.2) is 0 Å². The van der Waals surface area contributed by atoms with Gasteiger partial charge >= 0.3 is 0 Å². The summed E-state index contributed by atoms with van der Waals surface area (Å²) in [5.74, 6) is 0. The van der Waals surface area contributed by atoms with Crippen molar-refractivity contribution < 1.29 is 0 Å². The summed E-state index contributed by atoms with van der Waals surface area (Å²) < 4.78 is 0. The average molecular weight is 280 g/mol. The fourth-order valence-corrected chi connectivity index (χ4v) is 3.01. The normalized spacial score (nSPS) is 10.7. The van der Waals surface area contributed by atoms with Gasteiger partial charge in [-0.15, -0.1) is 11.3 Å². The number of benzene rings is 2. The standard InChI is InChI=1S/C17H16N2S/c1-12-4-2-3-5-15(12)16-11-20-17(19-16)10-13-6-8-14(18)9-7-13/h2-9,11H,10,18H2,1H3. The Balaban J connectivity index is 1.84. The van der Waals surface area contributed by atoms with Crippen LogP contribution in [0.25, 0.3) is 11.3 Å². The summed E-state index contributed by atoms with van der Waals surface area (Å²) in [6.07, 6.45) is 0.858. The monoisotopic (exact) mass is 280 g/mol. The third-order valence-corrected chi connectivity index (χ3v) is 4.16. The van der Waals surface area contributed by atoms with Crippen LogP contribution in [0.4, 0.5) is 5.69 Å². The molecule has 0 aliphatic carbocycles. The summed E-state index contributed by atoms with van der Waals surface area (Å²) in [4.78, 5) is 4.75. The Morgan fingerprint density at radius 3 is 2.55 bits per heavy atom. The number of hydrogen-bond acceptors (Lipinski definition) is 3. The van der Waals surface area contributed by atoms with Gasteiger partial charge in [0.25, 0.3) is 0 Å². The van der Waals surface area contributed by atoms with Crippen molar-refractivity contribution in [1.29, 1.82) is 0 Å². The molecule has 0 amide bonds. The zero-order chi connectivity index (χ0) is 13.9. The SMILES string of the molecule is Cc1ccccc1-c1csc(Cc2ccc(N)cc2)n1. The number of thiazole rings is 1. The molecule has 0 atom stereocenters. The minimum absolute atomic E-state index is 0.800. The molecule has 3 rings (SSSR count). The molecule has 0 spiro atoms. The highest BCUT2D eigenvalue weighted by Gasteiger charge is 2.07. The second kappa shape index (κ2) is 5.47. The fourth-order valence-electron chi connectivity index (χ4n) is 2.19. The van der Waals surface area contributed by atoms with E-state index in [2.05, 4.69) is 48.7 Å². The Hall–Kier alpha value is -2.13. The van der Waals surface area contributed by atoms with Gasteiger partial charge in [0.05, 0.1) is 10.7 Å². The van der Waals surface area contributed by atoms with Gasteiger partial charge in [-0.3, -0.25) is 0 Å². The maximum Gasteiger partial charge on any atom is 0.0976 e. The van der Waals surface area contributed by atoms with E-state index in [0.29, 0.717) is 0 Å². The number of rotatable bonds is 3. The van der Waals surface area contributed by atoms with Crippen LogP contribution in [-0.4, -0.2) is 4.98 Å². The van der Waals surface area contributed by atoms with E-state index in [0.717, 1.165) is 22.8 Å². The summed E-state index contributed by atoms with van der Waals surface area (Å²) >= 11 is 1.71. The number of aryl methyl sites for hydroxylation is 1. The Morgan fingerprint density at radius 2 is 1.80 bits per heavy atom. The maximum atomic E-state index is 5.70. The lowest BCUT2D eigenvalue weighted by atomic mass is 10.1. The van der Waals surface area contributed by atoms with E-state index in [9.17, 15) is 0 Å². The minimum Gasteiger partial charge on any atom is -0.399 e. The van der Waals surface area contributed by atoms with Crippen LogP contribution in [0.5, 0.6) is 0 Å². The van der Waals surface area contributed by atoms with E-state index in [1.54, 1.807) is 11.3 Å². The van der Waals surface area contributed by atoms with Crippen molar-refractivity contribution in [1.82, 2.24) is 4.98 Å². The molecule has 0 saturated carbocycles. The van der Waals surface area contributed by atoms with Crippen LogP contribution in [-0.2, 0) is 6.42 Å². The smallest absolute Gasteiger partial charge is 0.0976 e. The molecule has 0 saturated heterocycles. The van der Waals surface area contributed by atoms with E-state index in [1.807, 2.05) is 12.1 Å². The molecule has 0 aliphatic heterocycles. The fraction of sp³-hybridized carbons (Fsp3) is 0.118. The van der Waals surface area contributed by atoms with E-state index in [4.69, 9.17) is 10.7 Å². The molecule has 2 aromatic carbocycles. The van der Waals surface area contributed by atoms with Gasteiger partial charge in [-0.05, 0) is 30.2 Å². The van der Waals surface area contributed by atoms with Gasteiger partial charge in [0.1, 0.15) is 0 Å². The first-order chi connectivity index (χ1) is 9.72. The van der Waals surface area contributed by atoms with Crippen molar-refractivity contribution in [2.45, 2.75) is 13.3 Å². The van der Waals surface area contributed by atoms with Crippen molar-refractivity contribution in [3.8, 4) is 11.3 Å². The van der Waals surface area contributed by atoms with Crippen molar-refractivity contribution in [2.75, 3.05) is 5.73 Å². The quantitative estimate of drug-likeness (QED) is 0.727. The largest absolute Gasteiger partial charge is 0.399 e. The third kappa shape index (κ3) is 2.73. The zero-order valence-electron chi connectivity index (χ0n) is 11.3. The van der Waals surface area contributed by atoms with Crippen LogP contribution >= 0.6 is 11.3 Å². The van der Waals surface area contributed by atoms with Gasteiger partial charge in [-0.2, -0.15) is 0 Å². The van der Waals surface area contributed by atoms with Crippen molar-refractivity contribution in [3.05, 3.63) is 70.0 Å². The summed E-state index contributed by atoms with van der Waals surface area (Å²) in [5, 5.41) is 3.27. The van der Waals surface area contributed by atoms with E-state index < -0.39 is 0 Å². The molecule has 2 nitrogen and oxygen atoms in total. The summed E-state index contributed by atoms with van der Waals surface area (Å²) in [5.41, 5.74) is 11.3. The summed E-state index contributed by atoms with van der Waals surface area (Å²) in [6.45, 7) is 2.12. The molecule has 3 aromatic rings. The third-order valence-electron chi connectivity index (χ3n) is 3.31. The van der Waals surface area contributed by atoms with Gasteiger partial charge in [-0.1, -0.05) is 36.4 Å². The van der Waals surface area contributed by atoms with Crippen LogP contribution in [0.3, 0.4) is 0 Å². The second-order valence-electron chi connectivity index (χ2n) is 4.86. The van der Waals surface area contributed by atoms with Crippen LogP contribution in [0, 0.1) is 6.92 Å². The highest BCUT2D eigenvalue weighted by molar-refractivity contribution is 7.10. The number of hydrogen-bond donors (Lipinski definition) is 1. The van der Waals surface area contributed by atoms with Crippen LogP contribution in [0.15, 0.2) is 53.9 Å². The molecule has 3 heteroatoms. The lowest BCUT2D eigenvalue weighted by Gasteiger charge is -2.01. The number of nitrogens with zero attached hydrogens (tertiary/aromatic N) is 1. The molecular weight excluding hydrogens is 264 g/mol. The molecular formula is C17H16N2S. The Bertz CT molecular complexity index is 714. The molecule has 0 radical (unpaired) electrons. The summed E-state index contributed by atoms with van der Waals surface area (Å²) in [7, 11) is 0. The van der Waals surface area contributed by atoms with Crippen LogP contribution < -0.4 is 5.73 Å². The van der Waals surface area contributed by atoms with E-state index >= 15 is 0 Å². The number of anilines is 1. The highest BCUT2D eigenvalue weighted by Crippen LogP contribution is 2.26. The first-order valence-corrected chi connectivity index (χ1v) is 7.45. The lowest BCUT2D eigenvalue weighted by molar-refractivity contribution is 1.14. The molecule has 20 heavy (non-hydrogen) atoms. The molecule has 0 aliphatic rings. The molecule has 0 unspecified atom stereocenters. The van der Waals surface area contributed by atoms with Gasteiger partial charge in [-0.25, -0.2) is 4.98 Å². The molecule has 0 fully saturated rings. The molecule has 1 heterocycles. The lowest BCUT2D eigenvalue weighted by Crippen LogP contribution is -1.90. The molecule has 0 bridgehead atoms. The first kappa shape index (κ1) is 12.9. The van der Waals surface area contributed by atoms with Crippen molar-refractivity contribution in [2.24, 2.45) is 0 Å². The van der Waals surface area contributed by atoms with Crippen molar-refractivity contribution in [3.63, 3.8) is 0 Å². The molecule has 100 valence electrons. The Kier molecular flexibility index (Phi) is 3.52. The van der Waals surface area contributed by atoms with Crippen molar-refractivity contribution >= 4 is 17.0 Å². The van der Waals surface area contributed by atoms with E-state index in [1.165, 1.54) is 16.7 Å². The van der Waals surface area contributed by atoms with Crippen LogP contribution in [0.2, 0.25) is 0 Å². The van der Waals surface area contributed by atoms with Gasteiger partial charge in [0, 0.05) is 23.1 Å². The topological polar surface area (TPSA) is 38.9 Å². The summed E-state index contributed by atoms with van der Waals surface area (Å²) in [6, 6.07) is 16.3. The second-order valence-corrected chi connectivity index (χ2v) is 5.80. The Morgan fingerprint density at radius 1 is 1.05 bits per heavy atom. The molecule has 2 N–H and O–H groups in total. The van der Waals surface area contributed by atoms with Gasteiger partial charge in [0.2, 0.25) is 0 Å². The maximum absolute atomic E-state index is 5.70. The number of aromatic nitrogens is 1. The minimum atomic E-state index is 0.800. The Labute approximate surface area is 122 Å². The first-order valence-electron chi connectivity index (χ1n) is 6.57. The predicted octanol–water partition coefficient (Wildman–Crippen LogP) is 4.29. The zero-order valence-corrected chi connectivity index (χ0v) is 12.2. The number of nitrogen functional groups attached to an aromatic ring is 1. The highest BCUT2D eigenvalue weighted by atomic mass is 32.1. The molecule has 1 aromatic heterocycles. The average Bonchev–Trinajstić information content (AvgIpc) is 2.90. The van der Waals surface area contributed by atoms with Crippen LogP contribution in [0.1, 0.15) is 16.1 Å². The van der Waals surface area contributed by atoms with E-state index in [-0.39, 0.29) is 0 Å².